The van der Waals surface area contributed by atoms with E-state index in [-0.39, 0.29) is 5.82 Å². The number of aromatic nitrogens is 2. The first-order valence-electron chi connectivity index (χ1n) is 4.89. The second-order valence-electron chi connectivity index (χ2n) is 3.66. The summed E-state index contributed by atoms with van der Waals surface area (Å²) in [4.78, 5) is 0. The molecule has 0 saturated carbocycles. The van der Waals surface area contributed by atoms with Gasteiger partial charge in [0.25, 0.3) is 0 Å². The van der Waals surface area contributed by atoms with E-state index in [1.807, 2.05) is 13.0 Å². The summed E-state index contributed by atoms with van der Waals surface area (Å²) >= 11 is 0. The Labute approximate surface area is 92.9 Å². The van der Waals surface area contributed by atoms with Crippen LogP contribution in [0.4, 0.5) is 21.6 Å². The molecular formula is C11H13FN4. The molecule has 2 aromatic rings. The first kappa shape index (κ1) is 10.5. The van der Waals surface area contributed by atoms with Crippen LogP contribution < -0.4 is 11.1 Å². The van der Waals surface area contributed by atoms with E-state index in [1.165, 1.54) is 6.07 Å². The molecule has 0 aliphatic carbocycles. The lowest BCUT2D eigenvalue weighted by molar-refractivity contribution is 0.630. The number of halogens is 1. The van der Waals surface area contributed by atoms with Crippen molar-refractivity contribution in [2.75, 3.05) is 11.1 Å². The Balaban J connectivity index is 2.37. The number of nitrogen functional groups attached to an aromatic ring is 1. The van der Waals surface area contributed by atoms with Crippen LogP contribution in [0.3, 0.4) is 0 Å². The lowest BCUT2D eigenvalue weighted by Gasteiger charge is -2.08. The van der Waals surface area contributed by atoms with Crippen LogP contribution in [-0.4, -0.2) is 9.78 Å². The second kappa shape index (κ2) is 3.84. The van der Waals surface area contributed by atoms with Gasteiger partial charge in [0, 0.05) is 13.2 Å². The quantitative estimate of drug-likeness (QED) is 0.815. The predicted molar refractivity (Wildman–Crippen MR) is 62.0 cm³/mol. The molecule has 1 aromatic carbocycles. The third kappa shape index (κ3) is 1.84. The summed E-state index contributed by atoms with van der Waals surface area (Å²) in [5, 5.41) is 7.00. The Morgan fingerprint density at radius 1 is 1.44 bits per heavy atom. The number of hydrogen-bond donors (Lipinski definition) is 2. The largest absolute Gasteiger partial charge is 0.394 e. The molecule has 16 heavy (non-hydrogen) atoms. The first-order chi connectivity index (χ1) is 7.58. The summed E-state index contributed by atoms with van der Waals surface area (Å²) in [5.74, 6) is 0.153. The molecule has 0 fully saturated rings. The van der Waals surface area contributed by atoms with Gasteiger partial charge in [-0.1, -0.05) is 12.1 Å². The van der Waals surface area contributed by atoms with Crippen molar-refractivity contribution in [2.45, 2.75) is 6.92 Å². The average molecular weight is 220 g/mol. The number of rotatable bonds is 2. The lowest BCUT2D eigenvalue weighted by Crippen LogP contribution is -2.00. The van der Waals surface area contributed by atoms with E-state index in [2.05, 4.69) is 10.4 Å². The van der Waals surface area contributed by atoms with Crippen molar-refractivity contribution in [2.24, 2.45) is 7.05 Å². The van der Waals surface area contributed by atoms with Crippen molar-refractivity contribution in [3.05, 3.63) is 35.8 Å². The fourth-order valence-corrected chi connectivity index (χ4v) is 1.51. The molecule has 0 radical (unpaired) electrons. The van der Waals surface area contributed by atoms with E-state index in [1.54, 1.807) is 24.0 Å². The van der Waals surface area contributed by atoms with Gasteiger partial charge >= 0.3 is 0 Å². The lowest BCUT2D eigenvalue weighted by atomic mass is 10.2. The second-order valence-corrected chi connectivity index (χ2v) is 3.66. The van der Waals surface area contributed by atoms with Crippen molar-refractivity contribution in [3.8, 4) is 0 Å². The summed E-state index contributed by atoms with van der Waals surface area (Å²) in [6.45, 7) is 1.82. The molecule has 0 unspecified atom stereocenters. The van der Waals surface area contributed by atoms with Gasteiger partial charge in [-0.05, 0) is 18.6 Å². The summed E-state index contributed by atoms with van der Waals surface area (Å²) in [5.41, 5.74) is 7.43. The summed E-state index contributed by atoms with van der Waals surface area (Å²) in [6.07, 6.45) is 1.67. The molecule has 0 spiro atoms. The molecule has 0 bridgehead atoms. The van der Waals surface area contributed by atoms with Gasteiger partial charge in [0.05, 0.1) is 11.4 Å². The van der Waals surface area contributed by atoms with Crippen LogP contribution in [0.1, 0.15) is 5.56 Å². The van der Waals surface area contributed by atoms with Crippen molar-refractivity contribution in [1.29, 1.82) is 0 Å². The Kier molecular flexibility index (Phi) is 2.52. The van der Waals surface area contributed by atoms with Crippen molar-refractivity contribution < 1.29 is 4.39 Å². The predicted octanol–water partition coefficient (Wildman–Crippen LogP) is 2.19. The van der Waals surface area contributed by atoms with Crippen LogP contribution in [0.25, 0.3) is 0 Å². The van der Waals surface area contributed by atoms with Gasteiger partial charge in [-0.25, -0.2) is 4.39 Å². The summed E-state index contributed by atoms with van der Waals surface area (Å²) in [6, 6.07) is 4.89. The minimum Gasteiger partial charge on any atom is -0.394 e. The van der Waals surface area contributed by atoms with E-state index in [9.17, 15) is 4.39 Å². The normalized spacial score (nSPS) is 10.4. The Bertz CT molecular complexity index is 498. The topological polar surface area (TPSA) is 55.9 Å². The smallest absolute Gasteiger partial charge is 0.175 e. The SMILES string of the molecule is Cc1cccc(F)c1Nc1nn(C)cc1N. The van der Waals surface area contributed by atoms with Crippen molar-refractivity contribution in [3.63, 3.8) is 0 Å². The zero-order valence-electron chi connectivity index (χ0n) is 9.16. The van der Waals surface area contributed by atoms with Gasteiger partial charge in [0.2, 0.25) is 0 Å². The maximum absolute atomic E-state index is 13.5. The molecule has 0 aliphatic rings. The highest BCUT2D eigenvalue weighted by Crippen LogP contribution is 2.25. The fourth-order valence-electron chi connectivity index (χ4n) is 1.51. The number of nitrogens with zero attached hydrogens (tertiary/aromatic N) is 2. The van der Waals surface area contributed by atoms with Crippen LogP contribution in [0, 0.1) is 12.7 Å². The van der Waals surface area contributed by atoms with E-state index in [0.29, 0.717) is 17.2 Å². The van der Waals surface area contributed by atoms with Crippen LogP contribution in [0.5, 0.6) is 0 Å². The summed E-state index contributed by atoms with van der Waals surface area (Å²) < 4.78 is 15.1. The van der Waals surface area contributed by atoms with E-state index >= 15 is 0 Å². The Morgan fingerprint density at radius 2 is 2.19 bits per heavy atom. The number of aryl methyl sites for hydroxylation is 2. The molecule has 1 aromatic heterocycles. The number of anilines is 3. The molecule has 3 N–H and O–H groups in total. The van der Waals surface area contributed by atoms with E-state index in [4.69, 9.17) is 5.73 Å². The zero-order valence-corrected chi connectivity index (χ0v) is 9.16. The fraction of sp³-hybridized carbons (Fsp3) is 0.182. The highest BCUT2D eigenvalue weighted by Gasteiger charge is 2.09. The Hall–Kier alpha value is -2.04. The molecule has 0 atom stereocenters. The monoisotopic (exact) mass is 220 g/mol. The molecule has 1 heterocycles. The van der Waals surface area contributed by atoms with Crippen molar-refractivity contribution in [1.82, 2.24) is 9.78 Å². The third-order valence-electron chi connectivity index (χ3n) is 2.32. The van der Waals surface area contributed by atoms with Gasteiger partial charge in [-0.2, -0.15) is 5.10 Å². The maximum atomic E-state index is 13.5. The number of nitrogens with two attached hydrogens (primary N) is 1. The highest BCUT2D eigenvalue weighted by molar-refractivity contribution is 5.70. The van der Waals surface area contributed by atoms with Gasteiger partial charge in [0.1, 0.15) is 5.82 Å². The number of benzene rings is 1. The van der Waals surface area contributed by atoms with Crippen LogP contribution in [0.2, 0.25) is 0 Å². The van der Waals surface area contributed by atoms with E-state index in [0.717, 1.165) is 5.56 Å². The minimum atomic E-state index is -0.315. The molecule has 5 heteroatoms. The standard InChI is InChI=1S/C11H13FN4/c1-7-4-3-5-8(12)10(7)14-11-9(13)6-16(2)15-11/h3-6H,13H2,1-2H3,(H,14,15). The van der Waals surface area contributed by atoms with Gasteiger partial charge < -0.3 is 11.1 Å². The van der Waals surface area contributed by atoms with E-state index < -0.39 is 0 Å². The number of hydrogen-bond acceptors (Lipinski definition) is 3. The van der Waals surface area contributed by atoms with Crippen molar-refractivity contribution >= 4 is 17.2 Å². The minimum absolute atomic E-state index is 0.315. The van der Waals surface area contributed by atoms with Crippen LogP contribution in [-0.2, 0) is 7.05 Å². The van der Waals surface area contributed by atoms with Gasteiger partial charge in [-0.15, -0.1) is 0 Å². The zero-order chi connectivity index (χ0) is 11.7. The number of nitrogens with one attached hydrogen (secondary N) is 1. The Morgan fingerprint density at radius 3 is 2.75 bits per heavy atom. The summed E-state index contributed by atoms with van der Waals surface area (Å²) in [7, 11) is 1.76. The first-order valence-corrected chi connectivity index (χ1v) is 4.89. The highest BCUT2D eigenvalue weighted by atomic mass is 19.1. The molecular weight excluding hydrogens is 207 g/mol. The van der Waals surface area contributed by atoms with Crippen LogP contribution >= 0.6 is 0 Å². The van der Waals surface area contributed by atoms with Crippen LogP contribution in [0.15, 0.2) is 24.4 Å². The molecule has 0 amide bonds. The molecule has 0 aliphatic heterocycles. The maximum Gasteiger partial charge on any atom is 0.175 e. The molecule has 4 nitrogen and oxygen atoms in total. The number of para-hydroxylation sites is 1. The van der Waals surface area contributed by atoms with Gasteiger partial charge in [0.15, 0.2) is 5.82 Å². The molecule has 2 rings (SSSR count). The molecule has 0 saturated heterocycles. The average Bonchev–Trinajstić information content (AvgIpc) is 2.51. The molecule has 84 valence electrons. The van der Waals surface area contributed by atoms with Gasteiger partial charge in [-0.3, -0.25) is 4.68 Å². The third-order valence-corrected chi connectivity index (χ3v) is 2.32.